The van der Waals surface area contributed by atoms with Crippen molar-refractivity contribution in [2.24, 2.45) is 5.41 Å². The summed E-state index contributed by atoms with van der Waals surface area (Å²) in [6.45, 7) is 1.67. The largest absolute Gasteiger partial charge is 0.507 e. The van der Waals surface area contributed by atoms with E-state index in [0.29, 0.717) is 22.0 Å². The van der Waals surface area contributed by atoms with Gasteiger partial charge in [-0.2, -0.15) is 0 Å². The lowest BCUT2D eigenvalue weighted by Gasteiger charge is -2.27. The van der Waals surface area contributed by atoms with Gasteiger partial charge >= 0.3 is 5.97 Å². The summed E-state index contributed by atoms with van der Waals surface area (Å²) < 4.78 is 0.662. The number of carbonyl (C=O) groups excluding carboxylic acids is 1. The normalized spacial score (nSPS) is 25.4. The van der Waals surface area contributed by atoms with Crippen LogP contribution in [0.4, 0.5) is 0 Å². The average molecular weight is 389 g/mol. The van der Waals surface area contributed by atoms with Gasteiger partial charge in [-0.3, -0.25) is 9.59 Å². The Labute approximate surface area is 130 Å². The number of hydrogen-bond donors (Lipinski definition) is 3. The molecule has 0 heterocycles. The number of aromatic hydroxyl groups is 1. The molecule has 1 amide bonds. The molecule has 3 N–H and O–H groups in total. The molecule has 1 saturated carbocycles. The number of rotatable bonds is 3. The van der Waals surface area contributed by atoms with Gasteiger partial charge in [-0.1, -0.05) is 6.42 Å². The second kappa shape index (κ2) is 5.59. The highest BCUT2D eigenvalue weighted by atomic mass is 127. The van der Waals surface area contributed by atoms with Crippen molar-refractivity contribution in [3.63, 3.8) is 0 Å². The second-order valence-electron chi connectivity index (χ2n) is 5.31. The predicted octanol–water partition coefficient (Wildman–Crippen LogP) is 2.37. The summed E-state index contributed by atoms with van der Waals surface area (Å²) in [5, 5.41) is 21.7. The molecule has 1 aromatic carbocycles. The minimum Gasteiger partial charge on any atom is -0.507 e. The van der Waals surface area contributed by atoms with Gasteiger partial charge in [-0.25, -0.2) is 0 Å². The molecule has 1 fully saturated rings. The summed E-state index contributed by atoms with van der Waals surface area (Å²) in [6, 6.07) is 4.28. The van der Waals surface area contributed by atoms with Gasteiger partial charge in [0.15, 0.2) is 0 Å². The lowest BCUT2D eigenvalue weighted by Crippen LogP contribution is -2.47. The SMILES string of the molecule is CC1(C(=O)O)CCCC1NC(=O)c1ccc(I)c(O)c1. The maximum absolute atomic E-state index is 12.2. The molecule has 0 saturated heterocycles. The van der Waals surface area contributed by atoms with E-state index < -0.39 is 11.4 Å². The van der Waals surface area contributed by atoms with Crippen LogP contribution in [0.15, 0.2) is 18.2 Å². The van der Waals surface area contributed by atoms with Gasteiger partial charge in [0, 0.05) is 11.6 Å². The zero-order chi connectivity index (χ0) is 14.9. The van der Waals surface area contributed by atoms with Gasteiger partial charge < -0.3 is 15.5 Å². The van der Waals surface area contributed by atoms with Crippen molar-refractivity contribution < 1.29 is 19.8 Å². The zero-order valence-corrected chi connectivity index (χ0v) is 13.2. The van der Waals surface area contributed by atoms with Crippen molar-refractivity contribution in [2.45, 2.75) is 32.2 Å². The summed E-state index contributed by atoms with van der Waals surface area (Å²) in [4.78, 5) is 23.5. The fourth-order valence-electron chi connectivity index (χ4n) is 2.55. The number of carbonyl (C=O) groups is 2. The number of halogens is 1. The van der Waals surface area contributed by atoms with Crippen LogP contribution in [0.25, 0.3) is 0 Å². The fraction of sp³-hybridized carbons (Fsp3) is 0.429. The van der Waals surface area contributed by atoms with Crippen molar-refractivity contribution in [2.75, 3.05) is 0 Å². The van der Waals surface area contributed by atoms with E-state index in [-0.39, 0.29) is 17.7 Å². The Kier molecular flexibility index (Phi) is 4.22. The van der Waals surface area contributed by atoms with E-state index in [1.807, 2.05) is 22.6 Å². The third-order valence-electron chi connectivity index (χ3n) is 3.96. The Morgan fingerprint density at radius 2 is 2.15 bits per heavy atom. The molecule has 1 aromatic rings. The maximum Gasteiger partial charge on any atom is 0.311 e. The molecule has 5 nitrogen and oxygen atoms in total. The van der Waals surface area contributed by atoms with Crippen LogP contribution >= 0.6 is 22.6 Å². The summed E-state index contributed by atoms with van der Waals surface area (Å²) in [5.74, 6) is -1.19. The lowest BCUT2D eigenvalue weighted by atomic mass is 9.85. The molecule has 0 radical (unpaired) electrons. The molecule has 2 rings (SSSR count). The highest BCUT2D eigenvalue weighted by Gasteiger charge is 2.45. The van der Waals surface area contributed by atoms with Crippen molar-refractivity contribution >= 4 is 34.5 Å². The third-order valence-corrected chi connectivity index (χ3v) is 4.87. The van der Waals surface area contributed by atoms with Crippen molar-refractivity contribution in [3.05, 3.63) is 27.3 Å². The van der Waals surface area contributed by atoms with Crippen LogP contribution in [0.5, 0.6) is 5.75 Å². The monoisotopic (exact) mass is 389 g/mol. The number of nitrogens with one attached hydrogen (secondary N) is 1. The maximum atomic E-state index is 12.2. The number of benzene rings is 1. The van der Waals surface area contributed by atoms with E-state index in [9.17, 15) is 19.8 Å². The Bertz CT molecular complexity index is 560. The zero-order valence-electron chi connectivity index (χ0n) is 11.0. The Hall–Kier alpha value is -1.31. The number of carboxylic acid groups (broad SMARTS) is 1. The molecule has 2 unspecified atom stereocenters. The first-order valence-corrected chi connectivity index (χ1v) is 7.45. The number of hydrogen-bond acceptors (Lipinski definition) is 3. The van der Waals surface area contributed by atoms with E-state index >= 15 is 0 Å². The first kappa shape index (κ1) is 15.1. The van der Waals surface area contributed by atoms with Crippen molar-refractivity contribution in [1.29, 1.82) is 0 Å². The van der Waals surface area contributed by atoms with Crippen LogP contribution in [0, 0.1) is 8.99 Å². The molecular formula is C14H16INO4. The number of phenolic OH excluding ortho intramolecular Hbond substituents is 1. The first-order valence-electron chi connectivity index (χ1n) is 6.37. The highest BCUT2D eigenvalue weighted by Crippen LogP contribution is 2.38. The molecule has 0 bridgehead atoms. The molecular weight excluding hydrogens is 373 g/mol. The summed E-state index contributed by atoms with van der Waals surface area (Å²) in [6.07, 6.45) is 2.00. The van der Waals surface area contributed by atoms with Gasteiger partial charge in [-0.05, 0) is 60.6 Å². The van der Waals surface area contributed by atoms with E-state index in [2.05, 4.69) is 5.32 Å². The smallest absolute Gasteiger partial charge is 0.311 e. The first-order chi connectivity index (χ1) is 9.34. The average Bonchev–Trinajstić information content (AvgIpc) is 2.75. The molecule has 2 atom stereocenters. The quantitative estimate of drug-likeness (QED) is 0.693. The van der Waals surface area contributed by atoms with E-state index in [1.165, 1.54) is 6.07 Å². The van der Waals surface area contributed by atoms with Crippen molar-refractivity contribution in [3.8, 4) is 5.75 Å². The van der Waals surface area contributed by atoms with Crippen molar-refractivity contribution in [1.82, 2.24) is 5.32 Å². The summed E-state index contributed by atoms with van der Waals surface area (Å²) in [7, 11) is 0. The van der Waals surface area contributed by atoms with Gasteiger partial charge in [0.2, 0.25) is 0 Å². The third kappa shape index (κ3) is 2.74. The standard InChI is InChI=1S/C14H16INO4/c1-14(13(19)20)6-2-3-11(14)16-12(18)8-4-5-9(15)10(17)7-8/h4-5,7,11,17H,2-3,6H2,1H3,(H,16,18)(H,19,20). The Balaban J connectivity index is 2.15. The molecule has 0 aromatic heterocycles. The van der Waals surface area contributed by atoms with Gasteiger partial charge in [0.25, 0.3) is 5.91 Å². The van der Waals surface area contributed by atoms with Crippen LogP contribution in [0.3, 0.4) is 0 Å². The Morgan fingerprint density at radius 1 is 1.45 bits per heavy atom. The Morgan fingerprint density at radius 3 is 2.75 bits per heavy atom. The molecule has 108 valence electrons. The predicted molar refractivity (Wildman–Crippen MR) is 81.7 cm³/mol. The topological polar surface area (TPSA) is 86.6 Å². The van der Waals surface area contributed by atoms with Gasteiger partial charge in [0.1, 0.15) is 5.75 Å². The minimum absolute atomic E-state index is 0.0469. The van der Waals surface area contributed by atoms with Gasteiger partial charge in [0.05, 0.1) is 8.99 Å². The molecule has 0 spiro atoms. The lowest BCUT2D eigenvalue weighted by molar-refractivity contribution is -0.148. The summed E-state index contributed by atoms with van der Waals surface area (Å²) in [5.41, 5.74) is -0.580. The van der Waals surface area contributed by atoms with E-state index in [4.69, 9.17) is 0 Å². The minimum atomic E-state index is -0.916. The van der Waals surface area contributed by atoms with Gasteiger partial charge in [-0.15, -0.1) is 0 Å². The molecule has 0 aliphatic heterocycles. The van der Waals surface area contributed by atoms with Crippen LogP contribution in [-0.4, -0.2) is 28.1 Å². The summed E-state index contributed by atoms with van der Waals surface area (Å²) >= 11 is 1.97. The number of aliphatic carboxylic acids is 1. The van der Waals surface area contributed by atoms with Crippen LogP contribution in [0.2, 0.25) is 0 Å². The van der Waals surface area contributed by atoms with Crippen LogP contribution in [0.1, 0.15) is 36.5 Å². The molecule has 6 heteroatoms. The van der Waals surface area contributed by atoms with E-state index in [0.717, 1.165) is 6.42 Å². The molecule has 1 aliphatic rings. The second-order valence-corrected chi connectivity index (χ2v) is 6.47. The van der Waals surface area contributed by atoms with Crippen LogP contribution < -0.4 is 5.32 Å². The molecule has 1 aliphatic carbocycles. The highest BCUT2D eigenvalue weighted by molar-refractivity contribution is 14.1. The number of carboxylic acids is 1. The fourth-order valence-corrected chi connectivity index (χ4v) is 2.88. The van der Waals surface area contributed by atoms with E-state index in [1.54, 1.807) is 19.1 Å². The van der Waals surface area contributed by atoms with Crippen LogP contribution in [-0.2, 0) is 4.79 Å². The molecule has 20 heavy (non-hydrogen) atoms. The number of phenols is 1. The number of amides is 1.